The van der Waals surface area contributed by atoms with E-state index >= 15 is 0 Å². The molecule has 0 bridgehead atoms. The van der Waals surface area contributed by atoms with Gasteiger partial charge in [0.2, 0.25) is 0 Å². The number of carbonyl (C=O) groups is 3. The van der Waals surface area contributed by atoms with E-state index < -0.39 is 23.6 Å². The summed E-state index contributed by atoms with van der Waals surface area (Å²) in [5.41, 5.74) is 7.20. The van der Waals surface area contributed by atoms with Gasteiger partial charge in [0.25, 0.3) is 0 Å². The lowest BCUT2D eigenvalue weighted by molar-refractivity contribution is 0.0511. The molecular weight excluding hydrogens is 564 g/mol. The van der Waals surface area contributed by atoms with Crippen LogP contribution >= 0.6 is 22.7 Å². The Labute approximate surface area is 246 Å². The number of nitrogens with zero attached hydrogens (tertiary/aromatic N) is 2. The Morgan fingerprint density at radius 3 is 1.73 bits per heavy atom. The predicted molar refractivity (Wildman–Crippen MR) is 161 cm³/mol. The zero-order chi connectivity index (χ0) is 30.0. The summed E-state index contributed by atoms with van der Waals surface area (Å²) in [6.45, 7) is 9.30. The highest BCUT2D eigenvalue weighted by Gasteiger charge is 2.24. The van der Waals surface area contributed by atoms with Crippen molar-refractivity contribution in [3.63, 3.8) is 0 Å². The maximum atomic E-state index is 12.1. The number of amides is 1. The number of nitrogens with two attached hydrogens (primary N) is 1. The Morgan fingerprint density at radius 2 is 1.24 bits per heavy atom. The first-order valence-corrected chi connectivity index (χ1v) is 14.4. The highest BCUT2D eigenvalue weighted by atomic mass is 32.1. The van der Waals surface area contributed by atoms with Gasteiger partial charge in [-0.3, -0.25) is 5.32 Å². The first kappa shape index (κ1) is 31.2. The van der Waals surface area contributed by atoms with E-state index in [9.17, 15) is 14.4 Å². The van der Waals surface area contributed by atoms with Crippen molar-refractivity contribution in [1.82, 2.24) is 9.97 Å². The second-order valence-electron chi connectivity index (χ2n) is 9.23. The number of aromatic nitrogens is 2. The van der Waals surface area contributed by atoms with Crippen LogP contribution in [-0.4, -0.2) is 46.8 Å². The fourth-order valence-electron chi connectivity index (χ4n) is 3.23. The third-order valence-electron chi connectivity index (χ3n) is 4.87. The van der Waals surface area contributed by atoms with Crippen LogP contribution in [0.3, 0.4) is 0 Å². The minimum absolute atomic E-state index is 0.0755. The van der Waals surface area contributed by atoms with Crippen molar-refractivity contribution in [2.75, 3.05) is 24.3 Å². The average Bonchev–Trinajstić information content (AvgIpc) is 3.53. The van der Waals surface area contributed by atoms with Crippen molar-refractivity contribution in [2.24, 2.45) is 0 Å². The van der Waals surface area contributed by atoms with E-state index in [2.05, 4.69) is 15.3 Å². The normalized spacial score (nSPS) is 10.7. The number of benzene rings is 2. The number of ether oxygens (including phenoxy) is 3. The fraction of sp³-hybridized carbons (Fsp3) is 0.276. The van der Waals surface area contributed by atoms with Gasteiger partial charge in [0, 0.05) is 11.1 Å². The molecule has 0 aliphatic heterocycles. The van der Waals surface area contributed by atoms with Crippen molar-refractivity contribution in [3.05, 3.63) is 72.1 Å². The molecule has 10 nitrogen and oxygen atoms in total. The van der Waals surface area contributed by atoms with Gasteiger partial charge in [0.1, 0.15) is 25.6 Å². The lowest BCUT2D eigenvalue weighted by Crippen LogP contribution is -2.27. The van der Waals surface area contributed by atoms with Crippen LogP contribution in [0.2, 0.25) is 0 Å². The zero-order valence-electron chi connectivity index (χ0n) is 23.4. The second kappa shape index (κ2) is 14.4. The molecule has 2 heterocycles. The number of nitrogen functional groups attached to an aromatic ring is 1. The Hall–Kier alpha value is -4.29. The molecule has 0 aliphatic carbocycles. The van der Waals surface area contributed by atoms with Gasteiger partial charge in [-0.15, -0.1) is 0 Å². The number of anilines is 2. The first-order valence-electron chi connectivity index (χ1n) is 12.7. The molecule has 12 heteroatoms. The molecule has 0 fully saturated rings. The lowest BCUT2D eigenvalue weighted by Gasteiger charge is -2.19. The highest BCUT2D eigenvalue weighted by molar-refractivity contribution is 7.19. The molecule has 0 saturated carbocycles. The number of esters is 2. The van der Waals surface area contributed by atoms with Gasteiger partial charge in [0.15, 0.2) is 11.4 Å². The van der Waals surface area contributed by atoms with E-state index in [4.69, 9.17) is 19.9 Å². The van der Waals surface area contributed by atoms with Gasteiger partial charge in [0.05, 0.1) is 13.2 Å². The third kappa shape index (κ3) is 9.12. The molecule has 4 rings (SSSR count). The summed E-state index contributed by atoms with van der Waals surface area (Å²) in [7, 11) is 0. The Kier molecular flexibility index (Phi) is 11.0. The summed E-state index contributed by atoms with van der Waals surface area (Å²) in [6, 6.07) is 19.0. The molecule has 41 heavy (non-hydrogen) atoms. The summed E-state index contributed by atoms with van der Waals surface area (Å²) >= 11 is 2.48. The molecule has 1 amide bonds. The quantitative estimate of drug-likeness (QED) is 0.172. The summed E-state index contributed by atoms with van der Waals surface area (Å²) < 4.78 is 15.1. The van der Waals surface area contributed by atoms with E-state index in [1.165, 1.54) is 22.7 Å². The molecule has 0 saturated heterocycles. The molecule has 216 valence electrons. The van der Waals surface area contributed by atoms with Crippen molar-refractivity contribution in [2.45, 2.75) is 40.2 Å². The van der Waals surface area contributed by atoms with Gasteiger partial charge in [-0.1, -0.05) is 83.3 Å². The predicted octanol–water partition coefficient (Wildman–Crippen LogP) is 6.90. The molecule has 4 aromatic rings. The Bertz CT molecular complexity index is 1460. The molecule has 0 aliphatic rings. The molecule has 0 radical (unpaired) electrons. The number of hydrogen-bond acceptors (Lipinski definition) is 11. The minimum Gasteiger partial charge on any atom is -0.461 e. The monoisotopic (exact) mass is 596 g/mol. The molecule has 2 aromatic carbocycles. The van der Waals surface area contributed by atoms with Crippen LogP contribution in [0.1, 0.15) is 55.6 Å². The lowest BCUT2D eigenvalue weighted by atomic mass is 10.2. The summed E-state index contributed by atoms with van der Waals surface area (Å²) in [4.78, 5) is 44.2. The molecule has 0 atom stereocenters. The van der Waals surface area contributed by atoms with Crippen LogP contribution in [0.4, 0.5) is 14.8 Å². The first-order chi connectivity index (χ1) is 19.5. The minimum atomic E-state index is -0.642. The van der Waals surface area contributed by atoms with Crippen LogP contribution in [0, 0.1) is 0 Å². The van der Waals surface area contributed by atoms with Crippen LogP contribution in [0.15, 0.2) is 60.7 Å². The smallest absolute Gasteiger partial charge is 0.412 e. The van der Waals surface area contributed by atoms with E-state index in [1.807, 2.05) is 60.7 Å². The number of hydrogen-bond donors (Lipinski definition) is 2. The molecule has 0 spiro atoms. The van der Waals surface area contributed by atoms with E-state index in [-0.39, 0.29) is 18.0 Å². The van der Waals surface area contributed by atoms with E-state index in [0.717, 1.165) is 16.1 Å². The van der Waals surface area contributed by atoms with Crippen LogP contribution in [-0.2, 0) is 14.2 Å². The number of rotatable bonds is 7. The topological polar surface area (TPSA) is 143 Å². The molecule has 2 aromatic heterocycles. The van der Waals surface area contributed by atoms with E-state index in [0.29, 0.717) is 21.6 Å². The summed E-state index contributed by atoms with van der Waals surface area (Å²) in [6.07, 6.45) is -0.642. The largest absolute Gasteiger partial charge is 0.461 e. The summed E-state index contributed by atoms with van der Waals surface area (Å²) in [5.74, 6) is -1.05. The summed E-state index contributed by atoms with van der Waals surface area (Å²) in [5, 5.41) is 4.63. The van der Waals surface area contributed by atoms with Gasteiger partial charge < -0.3 is 19.9 Å². The molecule has 0 unspecified atom stereocenters. The third-order valence-corrected chi connectivity index (χ3v) is 6.83. The van der Waals surface area contributed by atoms with Crippen LogP contribution in [0.5, 0.6) is 0 Å². The fourth-order valence-corrected chi connectivity index (χ4v) is 4.99. The van der Waals surface area contributed by atoms with Gasteiger partial charge in [-0.25, -0.2) is 24.4 Å². The SMILES string of the molecule is CCOC(=O)c1nc(-c2ccccc2)sc1N.CCOC(=O)c1nc(-c2ccccc2)sc1NC(=O)OC(C)(C)C. The van der Waals surface area contributed by atoms with Gasteiger partial charge in [-0.05, 0) is 34.6 Å². The number of carbonyl (C=O) groups excluding carboxylic acids is 3. The molecule has 3 N–H and O–H groups in total. The highest BCUT2D eigenvalue weighted by Crippen LogP contribution is 2.33. The van der Waals surface area contributed by atoms with Crippen LogP contribution in [0.25, 0.3) is 21.1 Å². The van der Waals surface area contributed by atoms with Crippen molar-refractivity contribution >= 4 is 50.7 Å². The molecular formula is C29H32N4O6S2. The van der Waals surface area contributed by atoms with Crippen LogP contribution < -0.4 is 11.1 Å². The van der Waals surface area contributed by atoms with Crippen molar-refractivity contribution < 1.29 is 28.6 Å². The standard InChI is InChI=1S/C17H20N2O4S.C12H12N2O2S/c1-5-22-15(20)12-14(19-16(21)23-17(2,3)4)24-13(18-12)11-9-7-6-8-10-11;1-2-16-12(15)9-10(13)17-11(14-9)8-6-4-3-5-7-8/h6-10H,5H2,1-4H3,(H,19,21);3-7H,2,13H2,1H3. The van der Waals surface area contributed by atoms with E-state index in [1.54, 1.807) is 34.6 Å². The average molecular weight is 597 g/mol. The number of thiazole rings is 2. The van der Waals surface area contributed by atoms with Gasteiger partial charge >= 0.3 is 18.0 Å². The number of nitrogens with one attached hydrogen (secondary N) is 1. The maximum absolute atomic E-state index is 12.1. The van der Waals surface area contributed by atoms with Gasteiger partial charge in [-0.2, -0.15) is 0 Å². The Balaban J connectivity index is 0.000000239. The van der Waals surface area contributed by atoms with Crippen molar-refractivity contribution in [1.29, 1.82) is 0 Å². The maximum Gasteiger partial charge on any atom is 0.412 e. The van der Waals surface area contributed by atoms with Crippen molar-refractivity contribution in [3.8, 4) is 21.1 Å². The Morgan fingerprint density at radius 1 is 0.780 bits per heavy atom. The zero-order valence-corrected chi connectivity index (χ0v) is 25.1. The second-order valence-corrected chi connectivity index (χ2v) is 11.3.